The molecule has 0 saturated carbocycles. The summed E-state index contributed by atoms with van der Waals surface area (Å²) in [6.07, 6.45) is -1.77. The average molecular weight is 575 g/mol. The summed E-state index contributed by atoms with van der Waals surface area (Å²) in [5.41, 5.74) is -0.793. The lowest BCUT2D eigenvalue weighted by Crippen LogP contribution is -2.38. The number of carbonyl (C=O) groups is 1. The summed E-state index contributed by atoms with van der Waals surface area (Å²) in [4.78, 5) is 13.2. The van der Waals surface area contributed by atoms with E-state index in [1.807, 2.05) is 12.1 Å². The van der Waals surface area contributed by atoms with Crippen molar-refractivity contribution in [3.8, 4) is 16.2 Å². The van der Waals surface area contributed by atoms with Crippen molar-refractivity contribution in [1.29, 1.82) is 0 Å². The van der Waals surface area contributed by atoms with Gasteiger partial charge in [0.05, 0.1) is 16.7 Å². The Morgan fingerprint density at radius 1 is 1.03 bits per heavy atom. The van der Waals surface area contributed by atoms with E-state index in [1.165, 1.54) is 37.3 Å². The van der Waals surface area contributed by atoms with Gasteiger partial charge in [0.15, 0.2) is 5.60 Å². The third kappa shape index (κ3) is 7.63. The molecule has 3 aromatic rings. The molecule has 1 N–H and O–H groups in total. The van der Waals surface area contributed by atoms with Crippen LogP contribution in [0.5, 0.6) is 5.75 Å². The van der Waals surface area contributed by atoms with E-state index in [-0.39, 0.29) is 16.9 Å². The largest absolute Gasteiger partial charge is 0.478 e. The quantitative estimate of drug-likeness (QED) is 0.249. The van der Waals surface area contributed by atoms with Gasteiger partial charge >= 0.3 is 12.1 Å². The third-order valence-corrected chi connectivity index (χ3v) is 8.02. The van der Waals surface area contributed by atoms with Crippen molar-refractivity contribution in [3.63, 3.8) is 0 Å². The molecule has 0 aliphatic carbocycles. The number of aliphatic carboxylic acids is 1. The zero-order valence-electron chi connectivity index (χ0n) is 20.5. The Labute approximate surface area is 227 Å². The highest BCUT2D eigenvalue weighted by molar-refractivity contribution is 7.15. The zero-order chi connectivity index (χ0) is 27.4. The molecule has 37 heavy (non-hydrogen) atoms. The molecule has 10 heteroatoms. The topological polar surface area (TPSA) is 55.8 Å². The SMILES string of the molecule is COC(CCc1ccc(-c2cccc(C(F)(F)F)c2)s1)CCc1ccc(OC(C)(C)C(=O)O)c(Cl)c1Cl. The van der Waals surface area contributed by atoms with E-state index in [9.17, 15) is 23.1 Å². The number of benzene rings is 2. The summed E-state index contributed by atoms with van der Waals surface area (Å²) in [7, 11) is 1.63. The number of alkyl halides is 3. The van der Waals surface area contributed by atoms with Gasteiger partial charge in [0.25, 0.3) is 0 Å². The van der Waals surface area contributed by atoms with Gasteiger partial charge in [-0.2, -0.15) is 13.2 Å². The van der Waals surface area contributed by atoms with E-state index in [0.717, 1.165) is 27.8 Å². The van der Waals surface area contributed by atoms with Crippen LogP contribution in [0.15, 0.2) is 48.5 Å². The second kappa shape index (κ2) is 12.1. The highest BCUT2D eigenvalue weighted by Crippen LogP contribution is 2.38. The monoisotopic (exact) mass is 574 g/mol. The first-order valence-corrected chi connectivity index (χ1v) is 13.1. The molecule has 1 atom stereocenters. The molecule has 0 spiro atoms. The molecule has 0 fully saturated rings. The highest BCUT2D eigenvalue weighted by Gasteiger charge is 2.31. The number of carboxylic acids is 1. The van der Waals surface area contributed by atoms with Crippen LogP contribution in [0, 0.1) is 0 Å². The van der Waals surface area contributed by atoms with E-state index in [1.54, 1.807) is 25.3 Å². The van der Waals surface area contributed by atoms with Gasteiger partial charge in [-0.05, 0) is 81.0 Å². The molecular weight excluding hydrogens is 548 g/mol. The van der Waals surface area contributed by atoms with E-state index in [0.29, 0.717) is 29.8 Å². The van der Waals surface area contributed by atoms with Gasteiger partial charge in [0, 0.05) is 16.9 Å². The number of hydrogen-bond donors (Lipinski definition) is 1. The summed E-state index contributed by atoms with van der Waals surface area (Å²) in [5.74, 6) is -0.931. The maximum absolute atomic E-state index is 13.0. The molecule has 200 valence electrons. The maximum atomic E-state index is 13.0. The zero-order valence-corrected chi connectivity index (χ0v) is 22.8. The van der Waals surface area contributed by atoms with Crippen LogP contribution in [0.3, 0.4) is 0 Å². The van der Waals surface area contributed by atoms with Gasteiger partial charge in [-0.25, -0.2) is 4.79 Å². The summed E-state index contributed by atoms with van der Waals surface area (Å²) in [6, 6.07) is 12.5. The van der Waals surface area contributed by atoms with Crippen molar-refractivity contribution in [1.82, 2.24) is 0 Å². The van der Waals surface area contributed by atoms with Crippen LogP contribution in [0.25, 0.3) is 10.4 Å². The van der Waals surface area contributed by atoms with Crippen molar-refractivity contribution < 1.29 is 32.5 Å². The minimum atomic E-state index is -4.38. The second-order valence-electron chi connectivity index (χ2n) is 9.05. The Hall–Kier alpha value is -2.26. The van der Waals surface area contributed by atoms with Gasteiger partial charge in [-0.15, -0.1) is 11.3 Å². The molecule has 3 rings (SSSR count). The van der Waals surface area contributed by atoms with Crippen LogP contribution in [-0.2, 0) is 28.5 Å². The van der Waals surface area contributed by atoms with Crippen molar-refractivity contribution in [3.05, 3.63) is 74.6 Å². The number of thiophene rings is 1. The number of hydrogen-bond acceptors (Lipinski definition) is 4. The highest BCUT2D eigenvalue weighted by atomic mass is 35.5. The summed E-state index contributed by atoms with van der Waals surface area (Å²) >= 11 is 14.3. The number of methoxy groups -OCH3 is 1. The molecule has 0 aliphatic heterocycles. The van der Waals surface area contributed by atoms with Gasteiger partial charge in [0.1, 0.15) is 10.8 Å². The Bertz CT molecular complexity index is 1240. The van der Waals surface area contributed by atoms with Crippen molar-refractivity contribution in [2.75, 3.05) is 7.11 Å². The van der Waals surface area contributed by atoms with E-state index < -0.39 is 23.3 Å². The fourth-order valence-electron chi connectivity index (χ4n) is 3.68. The first kappa shape index (κ1) is 29.3. The predicted octanol–water partition coefficient (Wildman–Crippen LogP) is 8.56. The molecule has 2 aromatic carbocycles. The van der Waals surface area contributed by atoms with Crippen molar-refractivity contribution >= 4 is 40.5 Å². The Morgan fingerprint density at radius 2 is 1.73 bits per heavy atom. The van der Waals surface area contributed by atoms with Crippen LogP contribution in [0.4, 0.5) is 13.2 Å². The average Bonchev–Trinajstić information content (AvgIpc) is 3.32. The van der Waals surface area contributed by atoms with Crippen LogP contribution < -0.4 is 4.74 Å². The molecule has 0 aliphatic rings. The first-order valence-electron chi connectivity index (χ1n) is 11.5. The van der Waals surface area contributed by atoms with Gasteiger partial charge in [-0.3, -0.25) is 0 Å². The van der Waals surface area contributed by atoms with E-state index >= 15 is 0 Å². The molecule has 0 radical (unpaired) electrons. The van der Waals surface area contributed by atoms with Crippen LogP contribution in [0.2, 0.25) is 10.0 Å². The van der Waals surface area contributed by atoms with Crippen molar-refractivity contribution in [2.45, 2.75) is 57.4 Å². The molecule has 0 saturated heterocycles. The van der Waals surface area contributed by atoms with Crippen molar-refractivity contribution in [2.24, 2.45) is 0 Å². The standard InChI is InChI=1S/C27H27Cl2F3O4S/c1-26(2,25(33)34)36-21-13-8-16(23(28)24(21)29)7-9-19(35-3)10-11-20-12-14-22(37-20)17-5-4-6-18(15-17)27(30,31)32/h4-6,8,12-15,19H,7,9-11H2,1-3H3,(H,33,34). The lowest BCUT2D eigenvalue weighted by molar-refractivity contribution is -0.152. The van der Waals surface area contributed by atoms with E-state index in [2.05, 4.69) is 0 Å². The second-order valence-corrected chi connectivity index (χ2v) is 11.0. The fourth-order valence-corrected chi connectivity index (χ4v) is 5.17. The van der Waals surface area contributed by atoms with E-state index in [4.69, 9.17) is 32.7 Å². The number of aryl methyl sites for hydroxylation is 2. The molecule has 4 nitrogen and oxygen atoms in total. The molecule has 1 unspecified atom stereocenters. The van der Waals surface area contributed by atoms with Crippen LogP contribution in [-0.4, -0.2) is 29.9 Å². The molecule has 0 bridgehead atoms. The first-order chi connectivity index (χ1) is 17.3. The van der Waals surface area contributed by atoms with Crippen LogP contribution >= 0.6 is 34.5 Å². The van der Waals surface area contributed by atoms with Gasteiger partial charge in [0.2, 0.25) is 0 Å². The Balaban J connectivity index is 1.60. The molecule has 0 amide bonds. The fraction of sp³-hybridized carbons (Fsp3) is 0.370. The number of rotatable bonds is 11. The molecule has 1 heterocycles. The number of halogens is 5. The summed E-state index contributed by atoms with van der Waals surface area (Å²) in [5, 5.41) is 9.73. The van der Waals surface area contributed by atoms with Gasteiger partial charge in [-0.1, -0.05) is 41.4 Å². The Morgan fingerprint density at radius 3 is 2.38 bits per heavy atom. The van der Waals surface area contributed by atoms with Crippen LogP contribution in [0.1, 0.15) is 42.7 Å². The smallest absolute Gasteiger partial charge is 0.416 e. The predicted molar refractivity (Wildman–Crippen MR) is 141 cm³/mol. The molecular formula is C27H27Cl2F3O4S. The lowest BCUT2D eigenvalue weighted by atomic mass is 10.0. The minimum absolute atomic E-state index is 0.0733. The normalized spacial score (nSPS) is 13.0. The maximum Gasteiger partial charge on any atom is 0.416 e. The number of ether oxygens (including phenoxy) is 2. The van der Waals surface area contributed by atoms with Gasteiger partial charge < -0.3 is 14.6 Å². The minimum Gasteiger partial charge on any atom is -0.478 e. The summed E-state index contributed by atoms with van der Waals surface area (Å²) < 4.78 is 50.3. The number of carboxylic acid groups (broad SMARTS) is 1. The summed E-state index contributed by atoms with van der Waals surface area (Å²) in [6.45, 7) is 2.85. The third-order valence-electron chi connectivity index (χ3n) is 5.92. The Kier molecular flexibility index (Phi) is 9.56. The lowest BCUT2D eigenvalue weighted by Gasteiger charge is -2.23. The molecule has 1 aromatic heterocycles.